The second-order valence-corrected chi connectivity index (χ2v) is 5.59. The van der Waals surface area contributed by atoms with E-state index in [1.54, 1.807) is 54.6 Å². The molecule has 4 aromatic rings. The largest absolute Gasteiger partial charge is 0.287 e. The summed E-state index contributed by atoms with van der Waals surface area (Å²) < 4.78 is 3.08. The molecule has 0 aliphatic carbocycles. The molecule has 122 valence electrons. The number of rotatable bonds is 3. The van der Waals surface area contributed by atoms with Gasteiger partial charge >= 0.3 is 0 Å². The van der Waals surface area contributed by atoms with Gasteiger partial charge in [-0.05, 0) is 24.3 Å². The molecule has 0 aliphatic rings. The monoisotopic (exact) mass is 331 g/mol. The number of hydrogen-bond acceptors (Lipinski definition) is 5. The van der Waals surface area contributed by atoms with Crippen LogP contribution < -0.4 is 5.43 Å². The minimum Gasteiger partial charge on any atom is -0.287 e. The van der Waals surface area contributed by atoms with Crippen molar-refractivity contribution in [2.24, 2.45) is 7.05 Å². The van der Waals surface area contributed by atoms with Gasteiger partial charge in [0.15, 0.2) is 5.69 Å². The first kappa shape index (κ1) is 14.9. The average Bonchev–Trinajstić information content (AvgIpc) is 3.07. The van der Waals surface area contributed by atoms with E-state index >= 15 is 0 Å². The Hall–Kier alpha value is -3.61. The maximum absolute atomic E-state index is 12.8. The van der Waals surface area contributed by atoms with Gasteiger partial charge in [-0.1, -0.05) is 6.07 Å². The zero-order valence-corrected chi connectivity index (χ0v) is 13.3. The summed E-state index contributed by atoms with van der Waals surface area (Å²) in [7, 11) is 1.78. The molecule has 0 unspecified atom stereocenters. The molecule has 1 aromatic carbocycles. The highest BCUT2D eigenvalue weighted by molar-refractivity contribution is 6.09. The van der Waals surface area contributed by atoms with Gasteiger partial charge in [-0.3, -0.25) is 19.3 Å². The van der Waals surface area contributed by atoms with Gasteiger partial charge in [0.05, 0.1) is 17.9 Å². The first-order valence-electron chi connectivity index (χ1n) is 7.60. The van der Waals surface area contributed by atoms with Gasteiger partial charge in [-0.2, -0.15) is 10.2 Å². The molecule has 3 heterocycles. The Morgan fingerprint density at radius 2 is 2.04 bits per heavy atom. The third kappa shape index (κ3) is 2.72. The highest BCUT2D eigenvalue weighted by Crippen LogP contribution is 2.15. The third-order valence-electron chi connectivity index (χ3n) is 3.84. The lowest BCUT2D eigenvalue weighted by atomic mass is 10.1. The van der Waals surface area contributed by atoms with Crippen LogP contribution in [0.2, 0.25) is 0 Å². The van der Waals surface area contributed by atoms with E-state index in [0.717, 1.165) is 10.9 Å². The molecule has 0 saturated heterocycles. The number of carbonyl (C=O) groups excluding carboxylic acids is 1. The first-order valence-corrected chi connectivity index (χ1v) is 7.60. The molecule has 0 saturated carbocycles. The van der Waals surface area contributed by atoms with Crippen LogP contribution in [-0.2, 0) is 7.05 Å². The summed E-state index contributed by atoms with van der Waals surface area (Å²) in [6.45, 7) is 0. The van der Waals surface area contributed by atoms with Crippen LogP contribution in [0.3, 0.4) is 0 Å². The van der Waals surface area contributed by atoms with Crippen LogP contribution in [0.25, 0.3) is 16.6 Å². The van der Waals surface area contributed by atoms with Crippen LogP contribution >= 0.6 is 0 Å². The second kappa shape index (κ2) is 5.79. The molecule has 4 rings (SSSR count). The Kier molecular flexibility index (Phi) is 3.46. The number of hydrogen-bond donors (Lipinski definition) is 0. The summed E-state index contributed by atoms with van der Waals surface area (Å²) in [4.78, 5) is 29.2. The highest BCUT2D eigenvalue weighted by atomic mass is 16.1. The summed E-state index contributed by atoms with van der Waals surface area (Å²) >= 11 is 0. The van der Waals surface area contributed by atoms with Crippen LogP contribution in [0.15, 0.2) is 66.0 Å². The molecule has 0 amide bonds. The Labute approximate surface area is 142 Å². The Balaban J connectivity index is 1.79. The smallest absolute Gasteiger partial charge is 0.217 e. The van der Waals surface area contributed by atoms with Crippen molar-refractivity contribution in [1.82, 2.24) is 24.5 Å². The maximum atomic E-state index is 12.8. The van der Waals surface area contributed by atoms with Crippen LogP contribution in [0.4, 0.5) is 0 Å². The minimum absolute atomic E-state index is 0.130. The molecule has 0 radical (unpaired) electrons. The average molecular weight is 331 g/mol. The minimum atomic E-state index is -0.422. The quantitative estimate of drug-likeness (QED) is 0.534. The normalized spacial score (nSPS) is 10.9. The van der Waals surface area contributed by atoms with E-state index in [0.29, 0.717) is 11.3 Å². The number of nitrogens with zero attached hydrogens (tertiary/aromatic N) is 5. The standard InChI is InChI=1S/C18H13N5O2/c1-22-11-14(10-20-22)23-8-6-16(24)17(21-23)18(25)13-4-5-15-12(9-13)3-2-7-19-15/h2-11H,1H3. The van der Waals surface area contributed by atoms with Crippen molar-refractivity contribution >= 4 is 16.7 Å². The highest BCUT2D eigenvalue weighted by Gasteiger charge is 2.16. The molecule has 0 fully saturated rings. The van der Waals surface area contributed by atoms with E-state index in [-0.39, 0.29) is 5.69 Å². The Morgan fingerprint density at radius 1 is 1.16 bits per heavy atom. The number of aromatic nitrogens is 5. The van der Waals surface area contributed by atoms with Crippen molar-refractivity contribution in [3.63, 3.8) is 0 Å². The summed E-state index contributed by atoms with van der Waals surface area (Å²) in [6.07, 6.45) is 6.55. The van der Waals surface area contributed by atoms with Crippen molar-refractivity contribution in [2.75, 3.05) is 0 Å². The van der Waals surface area contributed by atoms with Crippen LogP contribution in [0.5, 0.6) is 0 Å². The van der Waals surface area contributed by atoms with E-state index in [1.165, 1.54) is 16.9 Å². The summed E-state index contributed by atoms with van der Waals surface area (Å²) in [5, 5.41) is 9.10. The molecule has 0 aliphatic heterocycles. The van der Waals surface area contributed by atoms with Gasteiger partial charge in [-0.15, -0.1) is 0 Å². The zero-order chi connectivity index (χ0) is 17.4. The first-order chi connectivity index (χ1) is 12.1. The summed E-state index contributed by atoms with van der Waals surface area (Å²) in [6, 6.07) is 10.1. The lowest BCUT2D eigenvalue weighted by Crippen LogP contribution is -2.21. The van der Waals surface area contributed by atoms with Gasteiger partial charge in [0.25, 0.3) is 0 Å². The fraction of sp³-hybridized carbons (Fsp3) is 0.0556. The topological polar surface area (TPSA) is 82.7 Å². The molecule has 0 spiro atoms. The van der Waals surface area contributed by atoms with E-state index < -0.39 is 11.2 Å². The van der Waals surface area contributed by atoms with E-state index in [9.17, 15) is 9.59 Å². The maximum Gasteiger partial charge on any atom is 0.217 e. The molecule has 3 aromatic heterocycles. The van der Waals surface area contributed by atoms with Crippen LogP contribution in [0.1, 0.15) is 16.1 Å². The van der Waals surface area contributed by atoms with Gasteiger partial charge < -0.3 is 0 Å². The lowest BCUT2D eigenvalue weighted by molar-refractivity contribution is 0.103. The van der Waals surface area contributed by atoms with E-state index in [2.05, 4.69) is 15.2 Å². The van der Waals surface area contributed by atoms with Crippen molar-refractivity contribution in [3.05, 3.63) is 82.7 Å². The van der Waals surface area contributed by atoms with Gasteiger partial charge in [0.1, 0.15) is 5.69 Å². The Bertz CT molecular complexity index is 1160. The summed E-state index contributed by atoms with van der Waals surface area (Å²) in [5.41, 5.74) is 1.30. The zero-order valence-electron chi connectivity index (χ0n) is 13.3. The molecule has 7 nitrogen and oxygen atoms in total. The molecule has 0 atom stereocenters. The predicted molar refractivity (Wildman–Crippen MR) is 91.8 cm³/mol. The van der Waals surface area contributed by atoms with E-state index in [1.807, 2.05) is 6.07 Å². The fourth-order valence-corrected chi connectivity index (χ4v) is 2.59. The lowest BCUT2D eigenvalue weighted by Gasteiger charge is -2.05. The third-order valence-corrected chi connectivity index (χ3v) is 3.84. The molecule has 25 heavy (non-hydrogen) atoms. The fourth-order valence-electron chi connectivity index (χ4n) is 2.59. The van der Waals surface area contributed by atoms with Crippen molar-refractivity contribution in [1.29, 1.82) is 0 Å². The van der Waals surface area contributed by atoms with Crippen molar-refractivity contribution in [3.8, 4) is 5.69 Å². The van der Waals surface area contributed by atoms with Gasteiger partial charge in [0.2, 0.25) is 11.2 Å². The van der Waals surface area contributed by atoms with Crippen LogP contribution in [-0.4, -0.2) is 30.3 Å². The predicted octanol–water partition coefficient (Wildman–Crippen LogP) is 1.75. The molecular weight excluding hydrogens is 318 g/mol. The number of aryl methyl sites for hydroxylation is 1. The number of ketones is 1. The van der Waals surface area contributed by atoms with Gasteiger partial charge in [-0.25, -0.2) is 4.68 Å². The number of fused-ring (bicyclic) bond motifs is 1. The van der Waals surface area contributed by atoms with E-state index in [4.69, 9.17) is 0 Å². The Morgan fingerprint density at radius 3 is 2.84 bits per heavy atom. The molecular formula is C18H13N5O2. The SMILES string of the molecule is Cn1cc(-n2ccc(=O)c(C(=O)c3ccc4ncccc4c3)n2)cn1. The van der Waals surface area contributed by atoms with Crippen molar-refractivity contribution in [2.45, 2.75) is 0 Å². The number of benzene rings is 1. The van der Waals surface area contributed by atoms with Gasteiger partial charge in [0, 0.05) is 36.5 Å². The number of pyridine rings is 1. The van der Waals surface area contributed by atoms with Crippen LogP contribution in [0, 0.1) is 0 Å². The summed E-state index contributed by atoms with van der Waals surface area (Å²) in [5.74, 6) is -0.422. The second-order valence-electron chi connectivity index (χ2n) is 5.59. The molecule has 7 heteroatoms. The molecule has 0 N–H and O–H groups in total. The number of carbonyl (C=O) groups is 1. The van der Waals surface area contributed by atoms with Crippen molar-refractivity contribution < 1.29 is 4.79 Å². The molecule has 0 bridgehead atoms.